The minimum absolute atomic E-state index is 1.25. The first-order valence-electron chi connectivity index (χ1n) is 7.19. The van der Waals surface area contributed by atoms with Crippen LogP contribution in [0.4, 0.5) is 0 Å². The van der Waals surface area contributed by atoms with Gasteiger partial charge in [0.1, 0.15) is 0 Å². The molecule has 0 heterocycles. The summed E-state index contributed by atoms with van der Waals surface area (Å²) in [4.78, 5) is 0. The lowest BCUT2D eigenvalue weighted by molar-refractivity contribution is 0.566. The molecule has 0 aromatic heterocycles. The zero-order chi connectivity index (χ0) is 11.9. The van der Waals surface area contributed by atoms with E-state index in [4.69, 9.17) is 0 Å². The highest BCUT2D eigenvalue weighted by Gasteiger charge is 1.90. The lowest BCUT2D eigenvalue weighted by Gasteiger charge is -2.00. The van der Waals surface area contributed by atoms with Crippen LogP contribution in [0.5, 0.6) is 0 Å². The summed E-state index contributed by atoms with van der Waals surface area (Å²) in [5.74, 6) is 0. The standard InChI is InChI=1S/C16H30/c1-3-5-7-9-11-13-15-16-14-12-10-8-6-4-2/h3,5,7,9H,4,6,8,10-16H2,1-2H3/b5-3+,9-7+. The van der Waals surface area contributed by atoms with Gasteiger partial charge in [-0.2, -0.15) is 0 Å². The average molecular weight is 222 g/mol. The van der Waals surface area contributed by atoms with E-state index in [9.17, 15) is 0 Å². The summed E-state index contributed by atoms with van der Waals surface area (Å²) in [7, 11) is 0. The van der Waals surface area contributed by atoms with Crippen LogP contribution in [0, 0.1) is 0 Å². The van der Waals surface area contributed by atoms with Crippen LogP contribution in [0.15, 0.2) is 24.3 Å². The lowest BCUT2D eigenvalue weighted by atomic mass is 10.1. The molecule has 0 heteroatoms. The monoisotopic (exact) mass is 222 g/mol. The van der Waals surface area contributed by atoms with Crippen molar-refractivity contribution in [2.75, 3.05) is 0 Å². The van der Waals surface area contributed by atoms with Gasteiger partial charge in [-0.1, -0.05) is 82.6 Å². The highest BCUT2D eigenvalue weighted by Crippen LogP contribution is 2.10. The second-order valence-electron chi connectivity index (χ2n) is 4.57. The quantitative estimate of drug-likeness (QED) is 0.295. The van der Waals surface area contributed by atoms with Gasteiger partial charge in [-0.15, -0.1) is 0 Å². The molecule has 0 radical (unpaired) electrons. The van der Waals surface area contributed by atoms with E-state index < -0.39 is 0 Å². The molecule has 0 saturated carbocycles. The number of allylic oxidation sites excluding steroid dienone is 4. The van der Waals surface area contributed by atoms with Gasteiger partial charge in [0, 0.05) is 0 Å². The van der Waals surface area contributed by atoms with Gasteiger partial charge < -0.3 is 0 Å². The largest absolute Gasteiger partial charge is 0.0877 e. The van der Waals surface area contributed by atoms with Gasteiger partial charge in [0.25, 0.3) is 0 Å². The van der Waals surface area contributed by atoms with E-state index in [1.165, 1.54) is 64.2 Å². The summed E-state index contributed by atoms with van der Waals surface area (Å²) < 4.78 is 0. The van der Waals surface area contributed by atoms with E-state index in [0.717, 1.165) is 0 Å². The maximum Gasteiger partial charge on any atom is -0.0348 e. The molecule has 0 unspecified atom stereocenters. The van der Waals surface area contributed by atoms with Gasteiger partial charge in [-0.25, -0.2) is 0 Å². The predicted molar refractivity (Wildman–Crippen MR) is 75.8 cm³/mol. The number of rotatable bonds is 11. The molecule has 0 saturated heterocycles. The Morgan fingerprint density at radius 3 is 1.81 bits per heavy atom. The van der Waals surface area contributed by atoms with Crippen molar-refractivity contribution >= 4 is 0 Å². The molecule has 0 aliphatic rings. The molecule has 0 aliphatic heterocycles. The summed E-state index contributed by atoms with van der Waals surface area (Å²) >= 11 is 0. The van der Waals surface area contributed by atoms with Crippen molar-refractivity contribution < 1.29 is 0 Å². The zero-order valence-electron chi connectivity index (χ0n) is 11.4. The zero-order valence-corrected chi connectivity index (χ0v) is 11.4. The molecule has 0 spiro atoms. The first-order chi connectivity index (χ1) is 7.91. The van der Waals surface area contributed by atoms with Crippen LogP contribution < -0.4 is 0 Å². The third kappa shape index (κ3) is 13.5. The van der Waals surface area contributed by atoms with E-state index in [2.05, 4.69) is 38.2 Å². The molecule has 16 heavy (non-hydrogen) atoms. The van der Waals surface area contributed by atoms with Crippen LogP contribution in [-0.2, 0) is 0 Å². The van der Waals surface area contributed by atoms with Crippen LogP contribution in [0.3, 0.4) is 0 Å². The Labute approximate surface area is 103 Å². The van der Waals surface area contributed by atoms with E-state index in [1.54, 1.807) is 0 Å². The van der Waals surface area contributed by atoms with Crippen LogP contribution in [0.2, 0.25) is 0 Å². The van der Waals surface area contributed by atoms with Gasteiger partial charge in [-0.3, -0.25) is 0 Å². The van der Waals surface area contributed by atoms with Gasteiger partial charge in [0.05, 0.1) is 0 Å². The number of hydrogen-bond acceptors (Lipinski definition) is 0. The Morgan fingerprint density at radius 2 is 1.25 bits per heavy atom. The maximum absolute atomic E-state index is 2.28. The van der Waals surface area contributed by atoms with Crippen molar-refractivity contribution in [1.82, 2.24) is 0 Å². The Morgan fingerprint density at radius 1 is 0.688 bits per heavy atom. The molecule has 94 valence electrons. The van der Waals surface area contributed by atoms with Crippen molar-refractivity contribution in [2.45, 2.75) is 78.1 Å². The fourth-order valence-electron chi connectivity index (χ4n) is 1.86. The molecule has 0 aromatic rings. The molecule has 0 amide bonds. The highest BCUT2D eigenvalue weighted by molar-refractivity contribution is 5.00. The highest BCUT2D eigenvalue weighted by atomic mass is 14.0. The van der Waals surface area contributed by atoms with Gasteiger partial charge in [-0.05, 0) is 19.8 Å². The Kier molecular flexibility index (Phi) is 14.0. The smallest absolute Gasteiger partial charge is 0.0348 e. The first-order valence-corrected chi connectivity index (χ1v) is 7.19. The lowest BCUT2D eigenvalue weighted by Crippen LogP contribution is -1.80. The van der Waals surface area contributed by atoms with E-state index in [1.807, 2.05) is 0 Å². The molecule has 0 atom stereocenters. The summed E-state index contributed by atoms with van der Waals surface area (Å²) in [5, 5.41) is 0. The van der Waals surface area contributed by atoms with E-state index >= 15 is 0 Å². The normalized spacial score (nSPS) is 11.9. The van der Waals surface area contributed by atoms with Crippen LogP contribution in [-0.4, -0.2) is 0 Å². The molecule has 0 aromatic carbocycles. The van der Waals surface area contributed by atoms with Crippen molar-refractivity contribution in [3.05, 3.63) is 24.3 Å². The van der Waals surface area contributed by atoms with E-state index in [0.29, 0.717) is 0 Å². The Hall–Kier alpha value is -0.520. The number of unbranched alkanes of at least 4 members (excludes halogenated alkanes) is 9. The Balaban J connectivity index is 2.98. The average Bonchev–Trinajstić information content (AvgIpc) is 2.31. The summed E-state index contributed by atoms with van der Waals surface area (Å²) in [6.45, 7) is 4.34. The van der Waals surface area contributed by atoms with Crippen molar-refractivity contribution in [3.63, 3.8) is 0 Å². The van der Waals surface area contributed by atoms with Crippen LogP contribution in [0.1, 0.15) is 78.1 Å². The molecular formula is C16H30. The molecule has 0 nitrogen and oxygen atoms in total. The second-order valence-corrected chi connectivity index (χ2v) is 4.57. The molecule has 0 bridgehead atoms. The summed E-state index contributed by atoms with van der Waals surface area (Å²) in [5.41, 5.74) is 0. The van der Waals surface area contributed by atoms with Crippen LogP contribution in [0.25, 0.3) is 0 Å². The van der Waals surface area contributed by atoms with Crippen molar-refractivity contribution in [3.8, 4) is 0 Å². The topological polar surface area (TPSA) is 0 Å². The fourth-order valence-corrected chi connectivity index (χ4v) is 1.86. The number of hydrogen-bond donors (Lipinski definition) is 0. The van der Waals surface area contributed by atoms with Gasteiger partial charge in [0.15, 0.2) is 0 Å². The van der Waals surface area contributed by atoms with Crippen LogP contribution >= 0.6 is 0 Å². The predicted octanol–water partition coefficient (Wildman–Crippen LogP) is 6.04. The van der Waals surface area contributed by atoms with E-state index in [-0.39, 0.29) is 0 Å². The molecule has 0 aliphatic carbocycles. The first kappa shape index (κ1) is 15.5. The molecule has 0 fully saturated rings. The fraction of sp³-hybridized carbons (Fsp3) is 0.750. The molecular weight excluding hydrogens is 192 g/mol. The molecule has 0 rings (SSSR count). The summed E-state index contributed by atoms with van der Waals surface area (Å²) in [6, 6.07) is 0. The van der Waals surface area contributed by atoms with Crippen molar-refractivity contribution in [2.24, 2.45) is 0 Å². The SMILES string of the molecule is C/C=C/C=C/CCCCCCCCCCC. The summed E-state index contributed by atoms with van der Waals surface area (Å²) in [6.07, 6.45) is 22.7. The minimum atomic E-state index is 1.25. The maximum atomic E-state index is 2.28. The van der Waals surface area contributed by atoms with Crippen molar-refractivity contribution in [1.29, 1.82) is 0 Å². The van der Waals surface area contributed by atoms with Gasteiger partial charge in [0.2, 0.25) is 0 Å². The molecule has 0 N–H and O–H groups in total. The van der Waals surface area contributed by atoms with Gasteiger partial charge >= 0.3 is 0 Å². The third-order valence-electron chi connectivity index (χ3n) is 2.91. The minimum Gasteiger partial charge on any atom is -0.0877 e. The third-order valence-corrected chi connectivity index (χ3v) is 2.91. The Bertz CT molecular complexity index is 165. The second kappa shape index (κ2) is 14.5.